The maximum absolute atomic E-state index is 8.77. The molecule has 0 amide bonds. The second-order valence-electron chi connectivity index (χ2n) is 4.11. The molecule has 1 heterocycles. The maximum Gasteiger partial charge on any atom is 0.262 e. The zero-order chi connectivity index (χ0) is 13.9. The van der Waals surface area contributed by atoms with Crippen molar-refractivity contribution in [2.45, 2.75) is 52.0 Å². The van der Waals surface area contributed by atoms with Gasteiger partial charge in [-0.15, -0.1) is 0 Å². The van der Waals surface area contributed by atoms with E-state index in [4.69, 9.17) is 19.2 Å². The van der Waals surface area contributed by atoms with Gasteiger partial charge < -0.3 is 14.7 Å². The van der Waals surface area contributed by atoms with Crippen molar-refractivity contribution in [2.24, 2.45) is 0 Å². The van der Waals surface area contributed by atoms with Crippen molar-refractivity contribution >= 4 is 7.82 Å². The summed E-state index contributed by atoms with van der Waals surface area (Å²) in [7, 11) is -4.89. The predicted molar refractivity (Wildman–Crippen MR) is 66.4 cm³/mol. The number of nitrogens with zero attached hydrogens (tertiary/aromatic N) is 1. The molecule has 106 valence electrons. The average Bonchev–Trinajstić information content (AvgIpc) is 2.73. The van der Waals surface area contributed by atoms with Crippen molar-refractivity contribution in [2.75, 3.05) is 0 Å². The summed E-state index contributed by atoms with van der Waals surface area (Å²) in [4.78, 5) is 26.0. The van der Waals surface area contributed by atoms with E-state index in [1.807, 2.05) is 12.5 Å². The fourth-order valence-corrected chi connectivity index (χ4v) is 1.53. The minimum absolute atomic E-state index is 1.16. The van der Waals surface area contributed by atoms with Crippen LogP contribution in [0.4, 0.5) is 0 Å². The van der Waals surface area contributed by atoms with E-state index >= 15 is 0 Å². The molecule has 0 aliphatic heterocycles. The highest BCUT2D eigenvalue weighted by Crippen LogP contribution is 2.18. The molecular weight excluding hydrogens is 255 g/mol. The van der Waals surface area contributed by atoms with Crippen LogP contribution in [0.15, 0.2) is 18.7 Å². The molecule has 0 radical (unpaired) electrons. The van der Waals surface area contributed by atoms with Crippen molar-refractivity contribution in [1.29, 1.82) is 0 Å². The van der Waals surface area contributed by atoms with Gasteiger partial charge in [0.2, 0.25) is 6.33 Å². The zero-order valence-corrected chi connectivity index (χ0v) is 11.7. The third kappa shape index (κ3) is 15.3. The third-order valence-electron chi connectivity index (χ3n) is 2.37. The Hall–Kier alpha value is -0.680. The Kier molecular flexibility index (Phi) is 9.87. The minimum atomic E-state index is -4.89. The number of H-pyrrole nitrogens is 1. The number of aryl methyl sites for hydroxylation is 1. The van der Waals surface area contributed by atoms with E-state index in [2.05, 4.69) is 22.7 Å². The highest BCUT2D eigenvalue weighted by Gasteiger charge is 1.95. The first-order valence-corrected chi connectivity index (χ1v) is 7.75. The van der Waals surface area contributed by atoms with Gasteiger partial charge in [-0.05, 0) is 12.8 Å². The van der Waals surface area contributed by atoms with Crippen LogP contribution in [-0.2, 0) is 11.1 Å². The minimum Gasteiger partial charge on any atom is -0.756 e. The molecule has 7 heteroatoms. The number of hydrogen-bond acceptors (Lipinski definition) is 2. The van der Waals surface area contributed by atoms with Crippen LogP contribution >= 0.6 is 7.82 Å². The van der Waals surface area contributed by atoms with Crippen LogP contribution in [0, 0.1) is 0 Å². The Balaban J connectivity index is 0.000000494. The largest absolute Gasteiger partial charge is 0.756 e. The molecule has 0 aromatic carbocycles. The number of aromatic nitrogens is 2. The van der Waals surface area contributed by atoms with E-state index in [0.29, 0.717) is 0 Å². The highest BCUT2D eigenvalue weighted by atomic mass is 31.2. The van der Waals surface area contributed by atoms with E-state index in [-0.39, 0.29) is 0 Å². The molecule has 0 bridgehead atoms. The fourth-order valence-electron chi connectivity index (χ4n) is 1.53. The predicted octanol–water partition coefficient (Wildman–Crippen LogP) is 1.10. The molecule has 0 saturated carbocycles. The van der Waals surface area contributed by atoms with Crippen molar-refractivity contribution in [1.82, 2.24) is 4.98 Å². The summed E-state index contributed by atoms with van der Waals surface area (Å²) < 4.78 is 11.0. The molecule has 0 spiro atoms. The molecule has 0 atom stereocenters. The van der Waals surface area contributed by atoms with Crippen LogP contribution in [0.5, 0.6) is 0 Å². The summed E-state index contributed by atoms with van der Waals surface area (Å²) in [6, 6.07) is 0. The summed E-state index contributed by atoms with van der Waals surface area (Å²) in [5.41, 5.74) is 0. The Bertz CT molecular complexity index is 316. The molecule has 0 aliphatic carbocycles. The van der Waals surface area contributed by atoms with Gasteiger partial charge in [0.05, 0.1) is 6.54 Å². The SMILES string of the molecule is CCCCCCCC[n+]1cc[nH]c1.O=P([O-])(O)O. The lowest BCUT2D eigenvalue weighted by atomic mass is 10.1. The summed E-state index contributed by atoms with van der Waals surface area (Å²) in [6.07, 6.45) is 14.3. The number of aromatic amines is 1. The molecule has 6 nitrogen and oxygen atoms in total. The van der Waals surface area contributed by atoms with Crippen LogP contribution < -0.4 is 9.46 Å². The Morgan fingerprint density at radius 3 is 2.28 bits per heavy atom. The fraction of sp³-hybridized carbons (Fsp3) is 0.727. The second-order valence-corrected chi connectivity index (χ2v) is 5.09. The highest BCUT2D eigenvalue weighted by molar-refractivity contribution is 7.43. The van der Waals surface area contributed by atoms with E-state index in [9.17, 15) is 0 Å². The van der Waals surface area contributed by atoms with E-state index in [1.54, 1.807) is 0 Å². The van der Waals surface area contributed by atoms with Crippen molar-refractivity contribution < 1.29 is 23.8 Å². The van der Waals surface area contributed by atoms with Crippen LogP contribution in [0.25, 0.3) is 0 Å². The van der Waals surface area contributed by atoms with Crippen LogP contribution in [0.2, 0.25) is 0 Å². The number of imidazole rings is 1. The molecule has 1 rings (SSSR count). The van der Waals surface area contributed by atoms with Gasteiger partial charge in [0.15, 0.2) is 0 Å². The van der Waals surface area contributed by atoms with Crippen LogP contribution in [-0.4, -0.2) is 14.8 Å². The number of rotatable bonds is 7. The first kappa shape index (κ1) is 17.3. The van der Waals surface area contributed by atoms with E-state index in [1.165, 1.54) is 38.5 Å². The molecule has 18 heavy (non-hydrogen) atoms. The van der Waals surface area contributed by atoms with Crippen LogP contribution in [0.3, 0.4) is 0 Å². The summed E-state index contributed by atoms with van der Waals surface area (Å²) >= 11 is 0. The Morgan fingerprint density at radius 2 is 1.78 bits per heavy atom. The molecule has 1 aromatic heterocycles. The van der Waals surface area contributed by atoms with E-state index in [0.717, 1.165) is 6.54 Å². The quantitative estimate of drug-likeness (QED) is 0.395. The van der Waals surface area contributed by atoms with Gasteiger partial charge in [-0.25, -0.2) is 4.57 Å². The summed E-state index contributed by atoms with van der Waals surface area (Å²) in [6.45, 7) is 3.42. The van der Waals surface area contributed by atoms with Gasteiger partial charge in [-0.1, -0.05) is 32.6 Å². The number of phosphoric acid groups is 1. The van der Waals surface area contributed by atoms with Crippen LogP contribution in [0.1, 0.15) is 45.4 Å². The molecule has 0 saturated heterocycles. The van der Waals surface area contributed by atoms with Gasteiger partial charge in [-0.2, -0.15) is 0 Å². The van der Waals surface area contributed by atoms with Gasteiger partial charge >= 0.3 is 0 Å². The lowest BCUT2D eigenvalue weighted by Crippen LogP contribution is -2.30. The van der Waals surface area contributed by atoms with Crippen molar-refractivity contribution in [3.8, 4) is 0 Å². The molecule has 0 unspecified atom stereocenters. The average molecular weight is 278 g/mol. The third-order valence-corrected chi connectivity index (χ3v) is 2.37. The van der Waals surface area contributed by atoms with Crippen molar-refractivity contribution in [3.63, 3.8) is 0 Å². The number of hydrogen-bond donors (Lipinski definition) is 3. The van der Waals surface area contributed by atoms with Gasteiger partial charge in [0, 0.05) is 0 Å². The molecular formula is C11H23N2O4P. The topological polar surface area (TPSA) is 100 Å². The normalized spacial score (nSPS) is 10.9. The molecule has 0 fully saturated rings. The van der Waals surface area contributed by atoms with Gasteiger partial charge in [-0.3, -0.25) is 9.55 Å². The number of unbranched alkanes of at least 4 members (excludes halogenated alkanes) is 5. The lowest BCUT2D eigenvalue weighted by molar-refractivity contribution is -0.696. The van der Waals surface area contributed by atoms with Gasteiger partial charge in [0.1, 0.15) is 12.4 Å². The molecule has 3 N–H and O–H groups in total. The van der Waals surface area contributed by atoms with E-state index < -0.39 is 7.82 Å². The lowest BCUT2D eigenvalue weighted by Gasteiger charge is -2.01. The standard InChI is InChI=1S/C11H20N2.H3O4P/c1-2-3-4-5-6-7-9-13-10-8-12-11-13;1-5(2,3)4/h8,10-11H,2-7,9H2,1H3;(H3,1,2,3,4). The Morgan fingerprint density at radius 1 is 1.22 bits per heavy atom. The smallest absolute Gasteiger partial charge is 0.262 e. The summed E-state index contributed by atoms with van der Waals surface area (Å²) in [5.74, 6) is 0. The zero-order valence-electron chi connectivity index (χ0n) is 10.8. The number of nitrogens with one attached hydrogen (secondary N) is 1. The van der Waals surface area contributed by atoms with Gasteiger partial charge in [0.25, 0.3) is 7.82 Å². The monoisotopic (exact) mass is 278 g/mol. The first-order valence-electron chi connectivity index (χ1n) is 6.22. The second kappa shape index (κ2) is 10.3. The molecule has 0 aliphatic rings. The summed E-state index contributed by atoms with van der Waals surface area (Å²) in [5, 5.41) is 0. The van der Waals surface area contributed by atoms with Crippen molar-refractivity contribution in [3.05, 3.63) is 18.7 Å². The maximum atomic E-state index is 8.77. The Labute approximate surface area is 108 Å². The first-order chi connectivity index (χ1) is 8.43. The molecule has 1 aromatic rings.